The molecule has 1 aliphatic heterocycles. The van der Waals surface area contributed by atoms with Gasteiger partial charge in [-0.05, 0) is 31.4 Å². The Morgan fingerprint density at radius 2 is 2.05 bits per heavy atom. The molecule has 114 valence electrons. The van der Waals surface area contributed by atoms with E-state index < -0.39 is 5.97 Å². The van der Waals surface area contributed by atoms with Gasteiger partial charge in [0.25, 0.3) is 0 Å². The fourth-order valence-corrected chi connectivity index (χ4v) is 2.65. The fourth-order valence-electron chi connectivity index (χ4n) is 2.65. The lowest BCUT2D eigenvalue weighted by Gasteiger charge is -2.32. The quantitative estimate of drug-likeness (QED) is 0.904. The second-order valence-electron chi connectivity index (χ2n) is 5.28. The highest BCUT2D eigenvalue weighted by Gasteiger charge is 2.31. The maximum atomic E-state index is 12.7. The summed E-state index contributed by atoms with van der Waals surface area (Å²) < 4.78 is 5.59. The van der Waals surface area contributed by atoms with Crippen LogP contribution in [0.5, 0.6) is 0 Å². The SMILES string of the molecule is CCC1CC(C(=O)N(CC(=O)O)c2ccccc2)CCO1. The molecule has 0 aliphatic carbocycles. The molecule has 1 aromatic rings. The van der Waals surface area contributed by atoms with Gasteiger partial charge in [0.2, 0.25) is 5.91 Å². The fraction of sp³-hybridized carbons (Fsp3) is 0.500. The molecule has 1 aromatic carbocycles. The predicted octanol–water partition coefficient (Wildman–Crippen LogP) is 2.31. The van der Waals surface area contributed by atoms with Crippen LogP contribution < -0.4 is 4.90 Å². The van der Waals surface area contributed by atoms with Crippen molar-refractivity contribution in [3.8, 4) is 0 Å². The van der Waals surface area contributed by atoms with Gasteiger partial charge in [-0.25, -0.2) is 0 Å². The molecule has 1 heterocycles. The van der Waals surface area contributed by atoms with Crippen LogP contribution in [-0.4, -0.2) is 36.2 Å². The Kier molecular flexibility index (Phi) is 5.33. The molecule has 0 bridgehead atoms. The number of carbonyl (C=O) groups is 2. The number of amides is 1. The van der Waals surface area contributed by atoms with E-state index in [0.717, 1.165) is 6.42 Å². The molecule has 0 aromatic heterocycles. The predicted molar refractivity (Wildman–Crippen MR) is 79.2 cm³/mol. The van der Waals surface area contributed by atoms with Gasteiger partial charge in [-0.15, -0.1) is 0 Å². The van der Waals surface area contributed by atoms with E-state index >= 15 is 0 Å². The van der Waals surface area contributed by atoms with Gasteiger partial charge in [-0.3, -0.25) is 9.59 Å². The molecule has 0 spiro atoms. The van der Waals surface area contributed by atoms with Crippen LogP contribution in [0.1, 0.15) is 26.2 Å². The number of hydrogen-bond donors (Lipinski definition) is 1. The van der Waals surface area contributed by atoms with Crippen molar-refractivity contribution in [2.45, 2.75) is 32.3 Å². The maximum Gasteiger partial charge on any atom is 0.323 e. The summed E-state index contributed by atoms with van der Waals surface area (Å²) in [7, 11) is 0. The Bertz CT molecular complexity index is 488. The third-order valence-corrected chi connectivity index (χ3v) is 3.80. The molecule has 1 N–H and O–H groups in total. The summed E-state index contributed by atoms with van der Waals surface area (Å²) >= 11 is 0. The maximum absolute atomic E-state index is 12.7. The summed E-state index contributed by atoms with van der Waals surface area (Å²) in [6, 6.07) is 8.97. The van der Waals surface area contributed by atoms with Gasteiger partial charge in [0.1, 0.15) is 6.54 Å². The van der Waals surface area contributed by atoms with Crippen LogP contribution in [-0.2, 0) is 14.3 Å². The molecule has 2 atom stereocenters. The van der Waals surface area contributed by atoms with Crippen molar-refractivity contribution in [2.75, 3.05) is 18.1 Å². The molecule has 1 aliphatic rings. The van der Waals surface area contributed by atoms with Gasteiger partial charge in [-0.1, -0.05) is 25.1 Å². The van der Waals surface area contributed by atoms with Crippen molar-refractivity contribution >= 4 is 17.6 Å². The van der Waals surface area contributed by atoms with Crippen LogP contribution >= 0.6 is 0 Å². The standard InChI is InChI=1S/C16H21NO4/c1-2-14-10-12(8-9-21-14)16(20)17(11-15(18)19)13-6-4-3-5-7-13/h3-7,12,14H,2,8-11H2,1H3,(H,18,19). The summed E-state index contributed by atoms with van der Waals surface area (Å²) in [6.45, 7) is 2.28. The average molecular weight is 291 g/mol. The van der Waals surface area contributed by atoms with Crippen molar-refractivity contribution < 1.29 is 19.4 Å². The minimum Gasteiger partial charge on any atom is -0.480 e. The normalized spacial score (nSPS) is 21.8. The number of benzene rings is 1. The molecule has 2 unspecified atom stereocenters. The number of para-hydroxylation sites is 1. The Morgan fingerprint density at radius 1 is 1.33 bits per heavy atom. The lowest BCUT2D eigenvalue weighted by molar-refractivity contribution is -0.137. The van der Waals surface area contributed by atoms with E-state index in [1.54, 1.807) is 24.3 Å². The molecule has 5 heteroatoms. The van der Waals surface area contributed by atoms with Crippen molar-refractivity contribution in [3.63, 3.8) is 0 Å². The number of nitrogens with zero attached hydrogens (tertiary/aromatic N) is 1. The van der Waals surface area contributed by atoms with Gasteiger partial charge in [-0.2, -0.15) is 0 Å². The number of hydrogen-bond acceptors (Lipinski definition) is 3. The average Bonchev–Trinajstić information content (AvgIpc) is 2.52. The lowest BCUT2D eigenvalue weighted by Crippen LogP contribution is -2.43. The van der Waals surface area contributed by atoms with Crippen molar-refractivity contribution in [1.82, 2.24) is 0 Å². The third kappa shape index (κ3) is 4.04. The molecule has 1 amide bonds. The molecule has 21 heavy (non-hydrogen) atoms. The Balaban J connectivity index is 2.16. The topological polar surface area (TPSA) is 66.8 Å². The lowest BCUT2D eigenvalue weighted by atomic mass is 9.93. The molecular weight excluding hydrogens is 270 g/mol. The van der Waals surface area contributed by atoms with Crippen LogP contribution in [0.15, 0.2) is 30.3 Å². The molecule has 1 fully saturated rings. The van der Waals surface area contributed by atoms with Crippen LogP contribution in [0, 0.1) is 5.92 Å². The largest absolute Gasteiger partial charge is 0.480 e. The first-order valence-corrected chi connectivity index (χ1v) is 7.31. The highest BCUT2D eigenvalue weighted by atomic mass is 16.5. The van der Waals surface area contributed by atoms with Gasteiger partial charge in [0.05, 0.1) is 6.10 Å². The number of ether oxygens (including phenoxy) is 1. The Labute approximate surface area is 124 Å². The first-order chi connectivity index (χ1) is 10.1. The number of rotatable bonds is 5. The van der Waals surface area contributed by atoms with Crippen molar-refractivity contribution in [2.24, 2.45) is 5.92 Å². The van der Waals surface area contributed by atoms with E-state index in [1.807, 2.05) is 13.0 Å². The summed E-state index contributed by atoms with van der Waals surface area (Å²) in [6.07, 6.45) is 2.28. The van der Waals surface area contributed by atoms with Gasteiger partial charge in [0.15, 0.2) is 0 Å². The summed E-state index contributed by atoms with van der Waals surface area (Å²) in [4.78, 5) is 25.1. The molecule has 2 rings (SSSR count). The number of aliphatic carboxylic acids is 1. The smallest absolute Gasteiger partial charge is 0.323 e. The van der Waals surface area contributed by atoms with E-state index in [-0.39, 0.29) is 24.5 Å². The second-order valence-corrected chi connectivity index (χ2v) is 5.28. The second kappa shape index (κ2) is 7.22. The van der Waals surface area contributed by atoms with Crippen LogP contribution in [0.25, 0.3) is 0 Å². The van der Waals surface area contributed by atoms with Gasteiger partial charge < -0.3 is 14.7 Å². The number of carboxylic acid groups (broad SMARTS) is 1. The molecule has 0 saturated carbocycles. The first kappa shape index (κ1) is 15.5. The van der Waals surface area contributed by atoms with E-state index in [9.17, 15) is 9.59 Å². The molecule has 1 saturated heterocycles. The number of carbonyl (C=O) groups excluding carboxylic acids is 1. The monoisotopic (exact) mass is 291 g/mol. The summed E-state index contributed by atoms with van der Waals surface area (Å²) in [5.74, 6) is -1.29. The van der Waals surface area contributed by atoms with E-state index in [2.05, 4.69) is 0 Å². The molecule has 5 nitrogen and oxygen atoms in total. The van der Waals surface area contributed by atoms with E-state index in [4.69, 9.17) is 9.84 Å². The Morgan fingerprint density at radius 3 is 2.67 bits per heavy atom. The third-order valence-electron chi connectivity index (χ3n) is 3.80. The van der Waals surface area contributed by atoms with Crippen LogP contribution in [0.4, 0.5) is 5.69 Å². The van der Waals surface area contributed by atoms with Gasteiger partial charge in [0, 0.05) is 18.2 Å². The number of anilines is 1. The highest BCUT2D eigenvalue weighted by Crippen LogP contribution is 2.26. The Hall–Kier alpha value is -1.88. The minimum atomic E-state index is -1.01. The van der Waals surface area contributed by atoms with Gasteiger partial charge >= 0.3 is 5.97 Å². The van der Waals surface area contributed by atoms with E-state index in [0.29, 0.717) is 25.1 Å². The molecular formula is C16H21NO4. The van der Waals surface area contributed by atoms with E-state index in [1.165, 1.54) is 4.90 Å². The van der Waals surface area contributed by atoms with Crippen molar-refractivity contribution in [3.05, 3.63) is 30.3 Å². The zero-order valence-electron chi connectivity index (χ0n) is 12.2. The number of carboxylic acids is 1. The highest BCUT2D eigenvalue weighted by molar-refractivity contribution is 5.98. The summed E-state index contributed by atoms with van der Waals surface area (Å²) in [5, 5.41) is 9.07. The minimum absolute atomic E-state index is 0.0927. The zero-order valence-corrected chi connectivity index (χ0v) is 12.2. The van der Waals surface area contributed by atoms with Crippen molar-refractivity contribution in [1.29, 1.82) is 0 Å². The van der Waals surface area contributed by atoms with Crippen LogP contribution in [0.3, 0.4) is 0 Å². The zero-order chi connectivity index (χ0) is 15.2. The molecule has 0 radical (unpaired) electrons. The summed E-state index contributed by atoms with van der Waals surface area (Å²) in [5.41, 5.74) is 0.629. The first-order valence-electron chi connectivity index (χ1n) is 7.31. The van der Waals surface area contributed by atoms with Crippen LogP contribution in [0.2, 0.25) is 0 Å².